The maximum atomic E-state index is 13.8. The van der Waals surface area contributed by atoms with Crippen molar-refractivity contribution in [1.29, 1.82) is 0 Å². The van der Waals surface area contributed by atoms with Crippen LogP contribution in [0.15, 0.2) is 30.9 Å². The van der Waals surface area contributed by atoms with Crippen molar-refractivity contribution in [1.82, 2.24) is 14.8 Å². The molecule has 1 aromatic heterocycles. The lowest BCUT2D eigenvalue weighted by Gasteiger charge is -2.08. The predicted molar refractivity (Wildman–Crippen MR) is 64.7 cm³/mol. The second kappa shape index (κ2) is 5.43. The van der Waals surface area contributed by atoms with Crippen molar-refractivity contribution in [3.8, 4) is 5.69 Å². The van der Waals surface area contributed by atoms with E-state index in [0.717, 1.165) is 25.1 Å². The highest BCUT2D eigenvalue weighted by Crippen LogP contribution is 2.17. The van der Waals surface area contributed by atoms with Crippen LogP contribution < -0.4 is 5.32 Å². The van der Waals surface area contributed by atoms with E-state index in [1.54, 1.807) is 6.07 Å². The lowest BCUT2D eigenvalue weighted by Crippen LogP contribution is -2.03. The van der Waals surface area contributed by atoms with Crippen molar-refractivity contribution in [3.05, 3.63) is 36.7 Å². The minimum absolute atomic E-state index is 0.308. The number of halogens is 1. The zero-order chi connectivity index (χ0) is 12.1. The zero-order valence-corrected chi connectivity index (χ0v) is 9.73. The lowest BCUT2D eigenvalue weighted by molar-refractivity contribution is 0.611. The van der Waals surface area contributed by atoms with Crippen molar-refractivity contribution in [2.75, 3.05) is 11.9 Å². The summed E-state index contributed by atoms with van der Waals surface area (Å²) in [5.41, 5.74) is 1.20. The Balaban J connectivity index is 2.12. The number of hydrogen-bond acceptors (Lipinski definition) is 3. The van der Waals surface area contributed by atoms with Gasteiger partial charge in [-0.2, -0.15) is 5.10 Å². The minimum Gasteiger partial charge on any atom is -0.385 e. The molecule has 1 heterocycles. The Morgan fingerprint density at radius 2 is 2.29 bits per heavy atom. The van der Waals surface area contributed by atoms with Crippen molar-refractivity contribution in [3.63, 3.8) is 0 Å². The molecule has 0 bridgehead atoms. The molecule has 5 heteroatoms. The van der Waals surface area contributed by atoms with Gasteiger partial charge in [-0.25, -0.2) is 14.1 Å². The van der Waals surface area contributed by atoms with Gasteiger partial charge in [0.25, 0.3) is 0 Å². The zero-order valence-electron chi connectivity index (χ0n) is 9.73. The van der Waals surface area contributed by atoms with Crippen LogP contribution >= 0.6 is 0 Å². The molecular weight excluding hydrogens is 219 g/mol. The highest BCUT2D eigenvalue weighted by molar-refractivity contribution is 5.49. The molecule has 4 nitrogen and oxygen atoms in total. The van der Waals surface area contributed by atoms with Crippen LogP contribution in [-0.4, -0.2) is 21.3 Å². The minimum atomic E-state index is -0.308. The molecule has 90 valence electrons. The molecule has 0 radical (unpaired) electrons. The fourth-order valence-corrected chi connectivity index (χ4v) is 1.54. The standard InChI is InChI=1S/C12H15FN4/c1-2-3-6-15-10-4-5-12(11(13)7-10)17-9-14-8-16-17/h4-5,7-9,15H,2-3,6H2,1H3. The lowest BCUT2D eigenvalue weighted by atomic mass is 10.2. The van der Waals surface area contributed by atoms with E-state index in [2.05, 4.69) is 22.3 Å². The Hall–Kier alpha value is -1.91. The predicted octanol–water partition coefficient (Wildman–Crippen LogP) is 2.62. The monoisotopic (exact) mass is 234 g/mol. The van der Waals surface area contributed by atoms with Gasteiger partial charge in [0.2, 0.25) is 0 Å². The van der Waals surface area contributed by atoms with Gasteiger partial charge in [0, 0.05) is 12.2 Å². The number of unbranched alkanes of at least 4 members (excludes halogenated alkanes) is 1. The van der Waals surface area contributed by atoms with Crippen LogP contribution in [0, 0.1) is 5.82 Å². The summed E-state index contributed by atoms with van der Waals surface area (Å²) in [6.45, 7) is 2.98. The molecule has 0 spiro atoms. The van der Waals surface area contributed by atoms with E-state index < -0.39 is 0 Å². The topological polar surface area (TPSA) is 42.7 Å². The molecule has 2 rings (SSSR count). The van der Waals surface area contributed by atoms with Crippen LogP contribution in [0.5, 0.6) is 0 Å². The Morgan fingerprint density at radius 1 is 1.41 bits per heavy atom. The van der Waals surface area contributed by atoms with E-state index in [0.29, 0.717) is 5.69 Å². The van der Waals surface area contributed by atoms with Crippen LogP contribution in [0.25, 0.3) is 5.69 Å². The molecule has 0 saturated heterocycles. The maximum absolute atomic E-state index is 13.8. The maximum Gasteiger partial charge on any atom is 0.150 e. The van der Waals surface area contributed by atoms with Crippen molar-refractivity contribution in [2.24, 2.45) is 0 Å². The van der Waals surface area contributed by atoms with Crippen LogP contribution in [0.4, 0.5) is 10.1 Å². The van der Waals surface area contributed by atoms with Gasteiger partial charge in [-0.05, 0) is 24.6 Å². The van der Waals surface area contributed by atoms with E-state index in [4.69, 9.17) is 0 Å². The third-order valence-corrected chi connectivity index (χ3v) is 2.47. The number of anilines is 1. The third kappa shape index (κ3) is 2.81. The number of aromatic nitrogens is 3. The number of hydrogen-bond donors (Lipinski definition) is 1. The molecule has 0 amide bonds. The summed E-state index contributed by atoms with van der Waals surface area (Å²) >= 11 is 0. The Kier molecular flexibility index (Phi) is 3.69. The first-order chi connectivity index (χ1) is 8.31. The largest absolute Gasteiger partial charge is 0.385 e. The molecule has 17 heavy (non-hydrogen) atoms. The first-order valence-corrected chi connectivity index (χ1v) is 5.69. The van der Waals surface area contributed by atoms with E-state index in [9.17, 15) is 4.39 Å². The van der Waals surface area contributed by atoms with Gasteiger partial charge in [0.1, 0.15) is 18.3 Å². The molecule has 0 aliphatic rings. The molecular formula is C12H15FN4. The van der Waals surface area contributed by atoms with E-state index in [1.165, 1.54) is 23.4 Å². The third-order valence-electron chi connectivity index (χ3n) is 2.47. The van der Waals surface area contributed by atoms with Gasteiger partial charge in [0.15, 0.2) is 5.82 Å². The molecule has 1 aromatic carbocycles. The van der Waals surface area contributed by atoms with Gasteiger partial charge in [-0.3, -0.25) is 0 Å². The smallest absolute Gasteiger partial charge is 0.150 e. The fourth-order valence-electron chi connectivity index (χ4n) is 1.54. The molecule has 0 atom stereocenters. The number of benzene rings is 1. The van der Waals surface area contributed by atoms with Crippen molar-refractivity contribution in [2.45, 2.75) is 19.8 Å². The van der Waals surface area contributed by atoms with Gasteiger partial charge < -0.3 is 5.32 Å². The molecule has 0 fully saturated rings. The van der Waals surface area contributed by atoms with Gasteiger partial charge in [0.05, 0.1) is 0 Å². The quantitative estimate of drug-likeness (QED) is 0.809. The average molecular weight is 234 g/mol. The molecule has 0 saturated carbocycles. The summed E-state index contributed by atoms with van der Waals surface area (Å²) in [5.74, 6) is -0.308. The summed E-state index contributed by atoms with van der Waals surface area (Å²) in [7, 11) is 0. The number of nitrogens with zero attached hydrogens (tertiary/aromatic N) is 3. The summed E-state index contributed by atoms with van der Waals surface area (Å²) in [6, 6.07) is 5.01. The van der Waals surface area contributed by atoms with E-state index in [1.807, 2.05) is 6.07 Å². The molecule has 2 aromatic rings. The molecule has 0 aliphatic carbocycles. The second-order valence-electron chi connectivity index (χ2n) is 3.79. The average Bonchev–Trinajstić information content (AvgIpc) is 2.83. The first-order valence-electron chi connectivity index (χ1n) is 5.69. The highest BCUT2D eigenvalue weighted by Gasteiger charge is 2.05. The second-order valence-corrected chi connectivity index (χ2v) is 3.79. The van der Waals surface area contributed by atoms with Gasteiger partial charge in [-0.15, -0.1) is 0 Å². The Bertz CT molecular complexity index is 467. The van der Waals surface area contributed by atoms with Gasteiger partial charge in [-0.1, -0.05) is 13.3 Å². The summed E-state index contributed by atoms with van der Waals surface area (Å²) < 4.78 is 15.2. The summed E-state index contributed by atoms with van der Waals surface area (Å²) in [5, 5.41) is 7.07. The van der Waals surface area contributed by atoms with Crippen LogP contribution in [0.3, 0.4) is 0 Å². The fraction of sp³-hybridized carbons (Fsp3) is 0.333. The van der Waals surface area contributed by atoms with E-state index >= 15 is 0 Å². The molecule has 0 unspecified atom stereocenters. The van der Waals surface area contributed by atoms with Gasteiger partial charge >= 0.3 is 0 Å². The van der Waals surface area contributed by atoms with Crippen LogP contribution in [0.1, 0.15) is 19.8 Å². The van der Waals surface area contributed by atoms with Crippen molar-refractivity contribution >= 4 is 5.69 Å². The van der Waals surface area contributed by atoms with Crippen LogP contribution in [0.2, 0.25) is 0 Å². The van der Waals surface area contributed by atoms with Crippen LogP contribution in [-0.2, 0) is 0 Å². The Morgan fingerprint density at radius 3 is 2.94 bits per heavy atom. The highest BCUT2D eigenvalue weighted by atomic mass is 19.1. The molecule has 1 N–H and O–H groups in total. The number of nitrogens with one attached hydrogen (secondary N) is 1. The summed E-state index contributed by atoms with van der Waals surface area (Å²) in [4.78, 5) is 3.79. The van der Waals surface area contributed by atoms with Crippen molar-refractivity contribution < 1.29 is 4.39 Å². The summed E-state index contributed by atoms with van der Waals surface area (Å²) in [6.07, 6.45) is 5.05. The number of rotatable bonds is 5. The SMILES string of the molecule is CCCCNc1ccc(-n2cncn2)c(F)c1. The Labute approximate surface area is 99.5 Å². The normalized spacial score (nSPS) is 10.5. The molecule has 0 aliphatic heterocycles. The first kappa shape index (κ1) is 11.6. The van der Waals surface area contributed by atoms with E-state index in [-0.39, 0.29) is 5.82 Å².